The van der Waals surface area contributed by atoms with E-state index in [-0.39, 0.29) is 17.7 Å². The Bertz CT molecular complexity index is 1240. The van der Waals surface area contributed by atoms with E-state index in [1.807, 2.05) is 66.7 Å². The van der Waals surface area contributed by atoms with Gasteiger partial charge in [0, 0.05) is 5.56 Å². The van der Waals surface area contributed by atoms with Crippen LogP contribution in [0.4, 0.5) is 0 Å². The monoisotopic (exact) mass is 516 g/mol. The maximum atomic E-state index is 13.2. The molecule has 0 bridgehead atoms. The van der Waals surface area contributed by atoms with Gasteiger partial charge in [-0.1, -0.05) is 103 Å². The van der Waals surface area contributed by atoms with Gasteiger partial charge in [0.15, 0.2) is 0 Å². The van der Waals surface area contributed by atoms with E-state index in [0.717, 1.165) is 22.9 Å². The van der Waals surface area contributed by atoms with Gasteiger partial charge < -0.3 is 15.3 Å². The number of amides is 2. The molecule has 2 amide bonds. The third kappa shape index (κ3) is 6.65. The van der Waals surface area contributed by atoms with Gasteiger partial charge in [-0.15, -0.1) is 0 Å². The van der Waals surface area contributed by atoms with Crippen LogP contribution in [0.3, 0.4) is 0 Å². The van der Waals surface area contributed by atoms with E-state index in [1.54, 1.807) is 24.3 Å². The number of carbonyl (C=O) groups is 4. The van der Waals surface area contributed by atoms with Crippen molar-refractivity contribution in [3.63, 3.8) is 0 Å². The number of benzene rings is 3. The Morgan fingerprint density at radius 2 is 1.46 bits per heavy atom. The van der Waals surface area contributed by atoms with Crippen LogP contribution in [-0.4, -0.2) is 50.7 Å². The molecule has 0 saturated carbocycles. The van der Waals surface area contributed by atoms with Crippen LogP contribution in [0.2, 0.25) is 0 Å². The van der Waals surface area contributed by atoms with E-state index in [4.69, 9.17) is 0 Å². The van der Waals surface area contributed by atoms with E-state index in [0.29, 0.717) is 24.8 Å². The van der Waals surface area contributed by atoms with Gasteiger partial charge >= 0.3 is 5.97 Å². The third-order valence-electron chi connectivity index (χ3n) is 6.37. The lowest BCUT2D eigenvalue weighted by Crippen LogP contribution is -2.47. The number of hydrogen-bond acceptors (Lipinski definition) is 5. The van der Waals surface area contributed by atoms with Crippen molar-refractivity contribution in [3.05, 3.63) is 108 Å². The van der Waals surface area contributed by atoms with Gasteiger partial charge in [-0.05, 0) is 30.4 Å². The first kappa shape index (κ1) is 26.2. The molecule has 1 aliphatic heterocycles. The van der Waals surface area contributed by atoms with Crippen molar-refractivity contribution in [2.75, 3.05) is 6.54 Å². The summed E-state index contributed by atoms with van der Waals surface area (Å²) in [5.41, 5.74) is 2.23. The van der Waals surface area contributed by atoms with Gasteiger partial charge in [-0.25, -0.2) is 4.79 Å². The van der Waals surface area contributed by atoms with Crippen LogP contribution < -0.4 is 5.32 Å². The maximum absolute atomic E-state index is 13.2. The van der Waals surface area contributed by atoms with Crippen molar-refractivity contribution in [1.29, 1.82) is 0 Å². The van der Waals surface area contributed by atoms with Crippen molar-refractivity contribution >= 4 is 34.7 Å². The number of nitrogens with one attached hydrogen (secondary N) is 1. The summed E-state index contributed by atoms with van der Waals surface area (Å²) in [6, 6.07) is 26.1. The minimum absolute atomic E-state index is 0.238. The van der Waals surface area contributed by atoms with Crippen LogP contribution in [0.25, 0.3) is 0 Å². The second kappa shape index (κ2) is 12.4. The summed E-state index contributed by atoms with van der Waals surface area (Å²) in [6.45, 7) is -0.350. The standard InChI is InChI=1S/C29H28N2O5S/c32-26(31-23(16-17-24(31)28(34)35)21-12-6-2-7-13-21)19-30-27(33)25(18-20-10-4-1-5-11-20)37-29(36)22-14-8-3-9-15-22/h1-15,23-25H,16-19H2,(H,30,33)(H,34,35). The highest BCUT2D eigenvalue weighted by atomic mass is 32.2. The number of thioether (sulfide) groups is 1. The zero-order valence-corrected chi connectivity index (χ0v) is 21.0. The molecule has 1 fully saturated rings. The zero-order chi connectivity index (χ0) is 26.2. The lowest BCUT2D eigenvalue weighted by atomic mass is 10.0. The van der Waals surface area contributed by atoms with Crippen LogP contribution >= 0.6 is 11.8 Å². The molecule has 190 valence electrons. The number of carboxylic acids is 1. The van der Waals surface area contributed by atoms with Crippen LogP contribution in [0.15, 0.2) is 91.0 Å². The maximum Gasteiger partial charge on any atom is 0.326 e. The fraction of sp³-hybridized carbons (Fsp3) is 0.241. The van der Waals surface area contributed by atoms with E-state index >= 15 is 0 Å². The first-order valence-electron chi connectivity index (χ1n) is 12.1. The van der Waals surface area contributed by atoms with Crippen molar-refractivity contribution in [1.82, 2.24) is 10.2 Å². The van der Waals surface area contributed by atoms with Crippen LogP contribution in [-0.2, 0) is 20.8 Å². The summed E-state index contributed by atoms with van der Waals surface area (Å²) in [5.74, 6) is -1.98. The molecule has 0 radical (unpaired) electrons. The first-order valence-corrected chi connectivity index (χ1v) is 13.0. The molecule has 7 nitrogen and oxygen atoms in total. The molecule has 4 rings (SSSR count). The molecule has 0 aliphatic carbocycles. The van der Waals surface area contributed by atoms with E-state index in [2.05, 4.69) is 5.32 Å². The summed E-state index contributed by atoms with van der Waals surface area (Å²) in [4.78, 5) is 52.6. The molecule has 1 aliphatic rings. The molecule has 1 heterocycles. The second-order valence-electron chi connectivity index (χ2n) is 8.83. The third-order valence-corrected chi connectivity index (χ3v) is 7.49. The Balaban J connectivity index is 1.47. The van der Waals surface area contributed by atoms with Crippen molar-refractivity contribution in [2.45, 2.75) is 36.6 Å². The Labute approximate surface area is 219 Å². The number of carbonyl (C=O) groups excluding carboxylic acids is 3. The SMILES string of the molecule is O=C(SC(Cc1ccccc1)C(=O)NCC(=O)N1C(C(=O)O)CCC1c1ccccc1)c1ccccc1. The lowest BCUT2D eigenvalue weighted by Gasteiger charge is -2.29. The Morgan fingerprint density at radius 3 is 2.08 bits per heavy atom. The molecule has 2 N–H and O–H groups in total. The fourth-order valence-corrected chi connectivity index (χ4v) is 5.56. The number of rotatable bonds is 9. The summed E-state index contributed by atoms with van der Waals surface area (Å²) < 4.78 is 0. The zero-order valence-electron chi connectivity index (χ0n) is 20.2. The number of carboxylic acid groups (broad SMARTS) is 1. The summed E-state index contributed by atoms with van der Waals surface area (Å²) >= 11 is 0.918. The van der Waals surface area contributed by atoms with Crippen molar-refractivity contribution in [2.24, 2.45) is 0 Å². The van der Waals surface area contributed by atoms with Gasteiger partial charge in [0.05, 0.1) is 17.8 Å². The molecule has 1 saturated heterocycles. The number of nitrogens with zero attached hydrogens (tertiary/aromatic N) is 1. The molecule has 0 aromatic heterocycles. The van der Waals surface area contributed by atoms with E-state index in [9.17, 15) is 24.3 Å². The lowest BCUT2D eigenvalue weighted by molar-refractivity contribution is -0.149. The van der Waals surface area contributed by atoms with E-state index < -0.39 is 29.1 Å². The molecule has 0 spiro atoms. The predicted molar refractivity (Wildman–Crippen MR) is 142 cm³/mol. The number of aliphatic carboxylic acids is 1. The Kier molecular flexibility index (Phi) is 8.74. The summed E-state index contributed by atoms with van der Waals surface area (Å²) in [5, 5.41) is 11.4. The minimum atomic E-state index is -1.07. The van der Waals surface area contributed by atoms with Gasteiger partial charge in [0.25, 0.3) is 0 Å². The van der Waals surface area contributed by atoms with Gasteiger partial charge in [0.1, 0.15) is 6.04 Å². The van der Waals surface area contributed by atoms with E-state index in [1.165, 1.54) is 4.90 Å². The summed E-state index contributed by atoms with van der Waals surface area (Å²) in [7, 11) is 0. The topological polar surface area (TPSA) is 104 Å². The first-order chi connectivity index (χ1) is 17.9. The van der Waals surface area contributed by atoms with Crippen molar-refractivity contribution in [3.8, 4) is 0 Å². The predicted octanol–water partition coefficient (Wildman–Crippen LogP) is 4.10. The minimum Gasteiger partial charge on any atom is -0.480 e. The average Bonchev–Trinajstić information content (AvgIpc) is 3.38. The van der Waals surface area contributed by atoms with Gasteiger partial charge in [0.2, 0.25) is 16.9 Å². The highest BCUT2D eigenvalue weighted by Gasteiger charge is 2.41. The number of likely N-dealkylation sites (tertiary alicyclic amines) is 1. The fourth-order valence-electron chi connectivity index (χ4n) is 4.56. The Hall–Kier alpha value is -3.91. The van der Waals surface area contributed by atoms with Gasteiger partial charge in [-0.2, -0.15) is 0 Å². The highest BCUT2D eigenvalue weighted by Crippen LogP contribution is 2.36. The summed E-state index contributed by atoms with van der Waals surface area (Å²) in [6.07, 6.45) is 1.17. The molecule has 3 atom stereocenters. The molecule has 3 aromatic carbocycles. The molecular formula is C29H28N2O5S. The largest absolute Gasteiger partial charge is 0.480 e. The highest BCUT2D eigenvalue weighted by molar-refractivity contribution is 8.15. The quantitative estimate of drug-likeness (QED) is 0.444. The average molecular weight is 517 g/mol. The molecule has 3 unspecified atom stereocenters. The molecule has 3 aromatic rings. The number of hydrogen-bond donors (Lipinski definition) is 2. The second-order valence-corrected chi connectivity index (χ2v) is 10.0. The smallest absolute Gasteiger partial charge is 0.326 e. The van der Waals surface area contributed by atoms with Crippen LogP contribution in [0, 0.1) is 0 Å². The normalized spacial score (nSPS) is 17.7. The molecule has 37 heavy (non-hydrogen) atoms. The molecular weight excluding hydrogens is 488 g/mol. The molecule has 8 heteroatoms. The van der Waals surface area contributed by atoms with Crippen LogP contribution in [0.5, 0.6) is 0 Å². The van der Waals surface area contributed by atoms with Crippen LogP contribution in [0.1, 0.15) is 40.4 Å². The van der Waals surface area contributed by atoms with Gasteiger partial charge in [-0.3, -0.25) is 14.4 Å². The Morgan fingerprint density at radius 1 is 0.865 bits per heavy atom. The van der Waals surface area contributed by atoms with Crippen molar-refractivity contribution < 1.29 is 24.3 Å².